The molecule has 6 heteroatoms. The van der Waals surface area contributed by atoms with Crippen LogP contribution in [0.1, 0.15) is 19.3 Å². The zero-order chi connectivity index (χ0) is 15.3. The summed E-state index contributed by atoms with van der Waals surface area (Å²) in [5.74, 6) is 1.12. The van der Waals surface area contributed by atoms with Gasteiger partial charge >= 0.3 is 5.97 Å². The molecule has 0 saturated carbocycles. The van der Waals surface area contributed by atoms with E-state index in [2.05, 4.69) is 27.9 Å². The van der Waals surface area contributed by atoms with Crippen molar-refractivity contribution < 1.29 is 14.3 Å². The summed E-state index contributed by atoms with van der Waals surface area (Å²) in [7, 11) is 1.42. The van der Waals surface area contributed by atoms with Crippen LogP contribution in [0.25, 0.3) is 0 Å². The molecule has 1 aliphatic rings. The Morgan fingerprint density at radius 2 is 2.38 bits per heavy atom. The third kappa shape index (κ3) is 4.23. The van der Waals surface area contributed by atoms with Gasteiger partial charge in [-0.25, -0.2) is 0 Å². The van der Waals surface area contributed by atoms with Crippen LogP contribution >= 0.6 is 34.2 Å². The van der Waals surface area contributed by atoms with Crippen LogP contribution in [0, 0.1) is 3.57 Å². The van der Waals surface area contributed by atoms with Crippen molar-refractivity contribution in [3.05, 3.63) is 27.8 Å². The Bertz CT molecular complexity index is 500. The predicted molar refractivity (Wildman–Crippen MR) is 90.9 cm³/mol. The van der Waals surface area contributed by atoms with Crippen molar-refractivity contribution in [1.29, 1.82) is 0 Å². The molecule has 0 unspecified atom stereocenters. The van der Waals surface area contributed by atoms with Crippen molar-refractivity contribution in [2.45, 2.75) is 30.9 Å². The summed E-state index contributed by atoms with van der Waals surface area (Å²) in [4.78, 5) is 12.1. The van der Waals surface area contributed by atoms with Gasteiger partial charge in [-0.05, 0) is 53.6 Å². The van der Waals surface area contributed by atoms with Gasteiger partial charge in [0.1, 0.15) is 17.4 Å². The van der Waals surface area contributed by atoms with Crippen LogP contribution in [-0.4, -0.2) is 37.1 Å². The van der Waals surface area contributed by atoms with Gasteiger partial charge in [-0.3, -0.25) is 10.1 Å². The standard InChI is InChI=1S/C15H19ClINO3/c1-20-14(19)15(6-3-7-16)9-13(10-18-15)21-12-5-2-4-11(17)8-12/h2,4-5,8,13,18H,3,6-7,9-10H2,1H3/t13-,15+/m0/s1. The van der Waals surface area contributed by atoms with E-state index in [1.54, 1.807) is 0 Å². The maximum absolute atomic E-state index is 12.1. The number of halogens is 2. The van der Waals surface area contributed by atoms with Crippen molar-refractivity contribution >= 4 is 40.2 Å². The highest BCUT2D eigenvalue weighted by Crippen LogP contribution is 2.29. The molecule has 2 rings (SSSR count). The smallest absolute Gasteiger partial charge is 0.326 e. The van der Waals surface area contributed by atoms with E-state index in [0.29, 0.717) is 25.3 Å². The van der Waals surface area contributed by atoms with Crippen LogP contribution < -0.4 is 10.1 Å². The zero-order valence-corrected chi connectivity index (χ0v) is 14.8. The fraction of sp³-hybridized carbons (Fsp3) is 0.533. The quantitative estimate of drug-likeness (QED) is 0.434. The number of nitrogens with one attached hydrogen (secondary N) is 1. The first-order valence-corrected chi connectivity index (χ1v) is 8.52. The monoisotopic (exact) mass is 423 g/mol. The Balaban J connectivity index is 2.03. The van der Waals surface area contributed by atoms with Crippen LogP contribution in [0.4, 0.5) is 0 Å². The predicted octanol–water partition coefficient (Wildman–Crippen LogP) is 2.96. The summed E-state index contributed by atoms with van der Waals surface area (Å²) < 4.78 is 12.1. The molecule has 1 N–H and O–H groups in total. The van der Waals surface area contributed by atoms with E-state index in [4.69, 9.17) is 21.1 Å². The highest BCUT2D eigenvalue weighted by atomic mass is 127. The molecule has 0 aromatic heterocycles. The zero-order valence-electron chi connectivity index (χ0n) is 11.9. The minimum atomic E-state index is -0.670. The van der Waals surface area contributed by atoms with Crippen molar-refractivity contribution in [2.75, 3.05) is 19.5 Å². The number of ether oxygens (including phenoxy) is 2. The summed E-state index contributed by atoms with van der Waals surface area (Å²) >= 11 is 8.01. The first-order valence-electron chi connectivity index (χ1n) is 6.91. The van der Waals surface area contributed by atoms with Gasteiger partial charge < -0.3 is 9.47 Å². The minimum absolute atomic E-state index is 0.0439. The van der Waals surface area contributed by atoms with Crippen LogP contribution in [0.3, 0.4) is 0 Å². The van der Waals surface area contributed by atoms with Gasteiger partial charge in [0.25, 0.3) is 0 Å². The average Bonchev–Trinajstić information content (AvgIpc) is 2.88. The van der Waals surface area contributed by atoms with E-state index in [-0.39, 0.29) is 12.1 Å². The normalized spacial score (nSPS) is 24.8. The van der Waals surface area contributed by atoms with Crippen molar-refractivity contribution in [1.82, 2.24) is 5.32 Å². The molecular formula is C15H19ClINO3. The third-order valence-corrected chi connectivity index (χ3v) is 4.59. The van der Waals surface area contributed by atoms with Crippen LogP contribution in [0.5, 0.6) is 5.75 Å². The highest BCUT2D eigenvalue weighted by Gasteiger charge is 2.46. The molecule has 1 aromatic rings. The van der Waals surface area contributed by atoms with Crippen LogP contribution in [0.15, 0.2) is 24.3 Å². The fourth-order valence-electron chi connectivity index (χ4n) is 2.67. The maximum atomic E-state index is 12.1. The lowest BCUT2D eigenvalue weighted by atomic mass is 9.91. The number of hydrogen-bond acceptors (Lipinski definition) is 4. The molecule has 1 heterocycles. The maximum Gasteiger partial charge on any atom is 0.326 e. The molecule has 21 heavy (non-hydrogen) atoms. The topological polar surface area (TPSA) is 47.6 Å². The van der Waals surface area contributed by atoms with Crippen LogP contribution in [0.2, 0.25) is 0 Å². The number of methoxy groups -OCH3 is 1. The van der Waals surface area contributed by atoms with Crippen molar-refractivity contribution in [2.24, 2.45) is 0 Å². The summed E-state index contributed by atoms with van der Waals surface area (Å²) in [5, 5.41) is 3.28. The molecule has 1 saturated heterocycles. The van der Waals surface area contributed by atoms with Gasteiger partial charge in [-0.1, -0.05) is 6.07 Å². The van der Waals surface area contributed by atoms with Crippen molar-refractivity contribution in [3.63, 3.8) is 0 Å². The van der Waals surface area contributed by atoms with Gasteiger partial charge in [0.15, 0.2) is 0 Å². The molecular weight excluding hydrogens is 405 g/mol. The summed E-state index contributed by atoms with van der Waals surface area (Å²) in [6, 6.07) is 7.89. The van der Waals surface area contributed by atoms with E-state index in [0.717, 1.165) is 15.7 Å². The lowest BCUT2D eigenvalue weighted by Gasteiger charge is -2.26. The lowest BCUT2D eigenvalue weighted by molar-refractivity contribution is -0.148. The molecule has 1 aromatic carbocycles. The van der Waals surface area contributed by atoms with Gasteiger partial charge in [-0.15, -0.1) is 11.6 Å². The second kappa shape index (κ2) is 7.65. The van der Waals surface area contributed by atoms with E-state index in [9.17, 15) is 4.79 Å². The number of benzene rings is 1. The molecule has 4 nitrogen and oxygen atoms in total. The lowest BCUT2D eigenvalue weighted by Crippen LogP contribution is -2.48. The molecule has 1 fully saturated rings. The second-order valence-electron chi connectivity index (χ2n) is 5.15. The molecule has 0 bridgehead atoms. The number of esters is 1. The average molecular weight is 424 g/mol. The van der Waals surface area contributed by atoms with E-state index in [1.165, 1.54) is 7.11 Å². The number of hydrogen-bond donors (Lipinski definition) is 1. The molecule has 1 aliphatic heterocycles. The third-order valence-electron chi connectivity index (χ3n) is 3.66. The van der Waals surface area contributed by atoms with E-state index < -0.39 is 5.54 Å². The Morgan fingerprint density at radius 3 is 3.05 bits per heavy atom. The summed E-state index contributed by atoms with van der Waals surface area (Å²) in [6.45, 7) is 0.628. The molecule has 116 valence electrons. The highest BCUT2D eigenvalue weighted by molar-refractivity contribution is 14.1. The molecule has 0 aliphatic carbocycles. The number of carbonyl (C=O) groups excluding carboxylic acids is 1. The van der Waals surface area contributed by atoms with Gasteiger partial charge in [0.05, 0.1) is 7.11 Å². The Morgan fingerprint density at radius 1 is 1.57 bits per heavy atom. The SMILES string of the molecule is COC(=O)[C@@]1(CCCCl)C[C@H](Oc2cccc(I)c2)CN1. The second-order valence-corrected chi connectivity index (χ2v) is 6.77. The van der Waals surface area contributed by atoms with Crippen LogP contribution in [-0.2, 0) is 9.53 Å². The van der Waals surface area contributed by atoms with Crippen molar-refractivity contribution in [3.8, 4) is 5.75 Å². The molecule has 0 spiro atoms. The number of carbonyl (C=O) groups is 1. The van der Waals surface area contributed by atoms with E-state index in [1.807, 2.05) is 24.3 Å². The first-order chi connectivity index (χ1) is 10.1. The summed E-state index contributed by atoms with van der Waals surface area (Å²) in [5.41, 5.74) is -0.670. The van der Waals surface area contributed by atoms with E-state index >= 15 is 0 Å². The summed E-state index contributed by atoms with van der Waals surface area (Å²) in [6.07, 6.45) is 1.98. The van der Waals surface area contributed by atoms with Gasteiger partial charge in [0, 0.05) is 22.4 Å². The minimum Gasteiger partial charge on any atom is -0.489 e. The largest absolute Gasteiger partial charge is 0.489 e. The Kier molecular flexibility index (Phi) is 6.13. The Hall–Kier alpha value is -0.530. The number of rotatable bonds is 6. The first kappa shape index (κ1) is 16.8. The fourth-order valence-corrected chi connectivity index (χ4v) is 3.32. The Labute approximate surface area is 143 Å². The number of alkyl halides is 1. The molecule has 0 amide bonds. The van der Waals surface area contributed by atoms with Gasteiger partial charge in [0.2, 0.25) is 0 Å². The van der Waals surface area contributed by atoms with Gasteiger partial charge in [-0.2, -0.15) is 0 Å². The molecule has 2 atom stereocenters. The molecule has 0 radical (unpaired) electrons.